The number of fused-ring (bicyclic) bond motifs is 2. The van der Waals surface area contributed by atoms with Gasteiger partial charge in [-0.05, 0) is 70.4 Å². The van der Waals surface area contributed by atoms with E-state index in [-0.39, 0.29) is 35.9 Å². The van der Waals surface area contributed by atoms with Gasteiger partial charge in [0, 0.05) is 24.7 Å². The van der Waals surface area contributed by atoms with Crippen LogP contribution in [-0.2, 0) is 14.3 Å². The molecule has 8 heteroatoms. The van der Waals surface area contributed by atoms with Crippen molar-refractivity contribution in [1.29, 1.82) is 0 Å². The third kappa shape index (κ3) is 5.52. The second kappa shape index (κ2) is 10.3. The Balaban J connectivity index is 1.32. The molecule has 1 N–H and O–H groups in total. The lowest BCUT2D eigenvalue weighted by Crippen LogP contribution is -2.40. The summed E-state index contributed by atoms with van der Waals surface area (Å²) >= 11 is 12.2. The SMILES string of the molecule is CC(C)(C)OC(=O)c1ccccc1N1CC=C([C@@H]2[C@@H](C(=O)Nc3ccc(Cl)c(Cl)c3)[C@H]3CC[C@@H]2O3)CC1. The molecule has 2 bridgehead atoms. The van der Waals surface area contributed by atoms with Crippen molar-refractivity contribution < 1.29 is 19.1 Å². The van der Waals surface area contributed by atoms with Gasteiger partial charge in [0.25, 0.3) is 0 Å². The Morgan fingerprint density at radius 2 is 1.81 bits per heavy atom. The number of amides is 1. The van der Waals surface area contributed by atoms with Crippen LogP contribution in [0.4, 0.5) is 11.4 Å². The predicted octanol–water partition coefficient (Wildman–Crippen LogP) is 6.52. The number of carbonyl (C=O) groups is 2. The highest BCUT2D eigenvalue weighted by molar-refractivity contribution is 6.42. The van der Waals surface area contributed by atoms with Gasteiger partial charge in [0.05, 0.1) is 39.4 Å². The molecule has 6 nitrogen and oxygen atoms in total. The number of nitrogens with one attached hydrogen (secondary N) is 1. The third-order valence-electron chi connectivity index (χ3n) is 7.30. The molecule has 0 aliphatic carbocycles. The highest BCUT2D eigenvalue weighted by Crippen LogP contribution is 2.48. The number of hydrogen-bond donors (Lipinski definition) is 1. The summed E-state index contributed by atoms with van der Waals surface area (Å²) in [7, 11) is 0. The van der Waals surface area contributed by atoms with Crippen LogP contribution in [0.5, 0.6) is 0 Å². The fourth-order valence-corrected chi connectivity index (χ4v) is 6.04. The van der Waals surface area contributed by atoms with Crippen LogP contribution in [0.15, 0.2) is 54.1 Å². The van der Waals surface area contributed by atoms with Crippen LogP contribution < -0.4 is 10.2 Å². The molecular weight excluding hydrogens is 511 g/mol. The van der Waals surface area contributed by atoms with Gasteiger partial charge in [0.15, 0.2) is 0 Å². The average Bonchev–Trinajstić information content (AvgIpc) is 3.47. The number of carbonyl (C=O) groups excluding carboxylic acids is 2. The van der Waals surface area contributed by atoms with Crippen molar-refractivity contribution in [3.63, 3.8) is 0 Å². The van der Waals surface area contributed by atoms with Gasteiger partial charge in [0.1, 0.15) is 5.60 Å². The van der Waals surface area contributed by atoms with Gasteiger partial charge >= 0.3 is 5.97 Å². The molecule has 37 heavy (non-hydrogen) atoms. The molecule has 1 amide bonds. The Labute approximate surface area is 227 Å². The normalized spacial score (nSPS) is 25.1. The molecule has 3 heterocycles. The first-order chi connectivity index (χ1) is 17.6. The fraction of sp³-hybridized carbons (Fsp3) is 0.448. The smallest absolute Gasteiger partial charge is 0.340 e. The number of nitrogens with zero attached hydrogens (tertiary/aromatic N) is 1. The number of hydrogen-bond acceptors (Lipinski definition) is 5. The van der Waals surface area contributed by atoms with Crippen LogP contribution in [0, 0.1) is 11.8 Å². The van der Waals surface area contributed by atoms with Gasteiger partial charge in [-0.3, -0.25) is 4.79 Å². The van der Waals surface area contributed by atoms with Crippen molar-refractivity contribution in [2.75, 3.05) is 23.3 Å². The number of para-hydroxylation sites is 1. The summed E-state index contributed by atoms with van der Waals surface area (Å²) < 4.78 is 11.9. The minimum atomic E-state index is -0.562. The van der Waals surface area contributed by atoms with Gasteiger partial charge in [-0.25, -0.2) is 4.79 Å². The Hall–Kier alpha value is -2.54. The summed E-state index contributed by atoms with van der Waals surface area (Å²) in [5.41, 5.74) is 2.76. The first-order valence-corrected chi connectivity index (χ1v) is 13.5. The van der Waals surface area contributed by atoms with Crippen LogP contribution in [-0.4, -0.2) is 42.8 Å². The zero-order chi connectivity index (χ0) is 26.3. The van der Waals surface area contributed by atoms with E-state index in [2.05, 4.69) is 16.3 Å². The van der Waals surface area contributed by atoms with Gasteiger partial charge < -0.3 is 19.7 Å². The van der Waals surface area contributed by atoms with Gasteiger partial charge in [-0.15, -0.1) is 0 Å². The molecule has 4 atom stereocenters. The van der Waals surface area contributed by atoms with E-state index in [9.17, 15) is 9.59 Å². The van der Waals surface area contributed by atoms with E-state index in [1.54, 1.807) is 18.2 Å². The molecule has 196 valence electrons. The number of rotatable bonds is 5. The summed E-state index contributed by atoms with van der Waals surface area (Å²) in [6.45, 7) is 7.02. The van der Waals surface area contributed by atoms with Gasteiger partial charge in [-0.2, -0.15) is 0 Å². The lowest BCUT2D eigenvalue weighted by atomic mass is 9.73. The largest absolute Gasteiger partial charge is 0.456 e. The van der Waals surface area contributed by atoms with Crippen LogP contribution >= 0.6 is 23.2 Å². The summed E-state index contributed by atoms with van der Waals surface area (Å²) in [6, 6.07) is 12.7. The maximum atomic E-state index is 13.4. The minimum Gasteiger partial charge on any atom is -0.456 e. The predicted molar refractivity (Wildman–Crippen MR) is 146 cm³/mol. The maximum Gasteiger partial charge on any atom is 0.340 e. The Bertz CT molecular complexity index is 1240. The van der Waals surface area contributed by atoms with Gasteiger partial charge in [-0.1, -0.05) is 47.0 Å². The van der Waals surface area contributed by atoms with Crippen molar-refractivity contribution in [2.45, 2.75) is 57.8 Å². The first kappa shape index (κ1) is 26.1. The Morgan fingerprint density at radius 1 is 1.05 bits per heavy atom. The molecular formula is C29H32Cl2N2O4. The molecule has 3 aliphatic heterocycles. The number of anilines is 2. The van der Waals surface area contributed by atoms with Crippen molar-refractivity contribution in [3.8, 4) is 0 Å². The lowest BCUT2D eigenvalue weighted by molar-refractivity contribution is -0.122. The minimum absolute atomic E-state index is 0.0461. The fourth-order valence-electron chi connectivity index (χ4n) is 5.74. The molecule has 5 rings (SSSR count). The van der Waals surface area contributed by atoms with E-state index in [4.69, 9.17) is 32.7 Å². The van der Waals surface area contributed by atoms with Crippen molar-refractivity contribution in [2.24, 2.45) is 11.8 Å². The molecule has 2 fully saturated rings. The second-order valence-corrected chi connectivity index (χ2v) is 11.8. The molecule has 0 unspecified atom stereocenters. The van der Waals surface area contributed by atoms with E-state index >= 15 is 0 Å². The molecule has 2 saturated heterocycles. The molecule has 2 aromatic rings. The van der Waals surface area contributed by atoms with Crippen LogP contribution in [0.1, 0.15) is 50.4 Å². The zero-order valence-corrected chi connectivity index (χ0v) is 22.8. The monoisotopic (exact) mass is 542 g/mol. The number of esters is 1. The quantitative estimate of drug-likeness (QED) is 0.344. The van der Waals surface area contributed by atoms with E-state index in [1.807, 2.05) is 45.0 Å². The molecule has 0 spiro atoms. The number of ether oxygens (including phenoxy) is 2. The second-order valence-electron chi connectivity index (χ2n) is 11.0. The van der Waals surface area contributed by atoms with Crippen molar-refractivity contribution in [3.05, 3.63) is 69.7 Å². The zero-order valence-electron chi connectivity index (χ0n) is 21.3. The van der Waals surface area contributed by atoms with Gasteiger partial charge in [0.2, 0.25) is 5.91 Å². The lowest BCUT2D eigenvalue weighted by Gasteiger charge is -2.35. The maximum absolute atomic E-state index is 13.4. The molecule has 0 radical (unpaired) electrons. The highest BCUT2D eigenvalue weighted by atomic mass is 35.5. The van der Waals surface area contributed by atoms with Crippen molar-refractivity contribution in [1.82, 2.24) is 0 Å². The third-order valence-corrected chi connectivity index (χ3v) is 8.04. The average molecular weight is 543 g/mol. The van der Waals surface area contributed by atoms with Crippen LogP contribution in [0.3, 0.4) is 0 Å². The standard InChI is InChI=1S/C29H32Cl2N2O4/c1-29(2,3)37-28(35)19-6-4-5-7-22(19)33-14-12-17(13-15-33)25-23-10-11-24(36-23)26(25)27(34)32-18-8-9-20(30)21(31)16-18/h4-9,12,16,23-26H,10-11,13-15H2,1-3H3,(H,32,34)/t23-,24+,25-,26-/m0/s1. The van der Waals surface area contributed by atoms with E-state index in [0.29, 0.717) is 27.8 Å². The molecule has 0 saturated carbocycles. The summed E-state index contributed by atoms with van der Waals surface area (Å²) in [6.07, 6.45) is 4.85. The molecule has 2 aromatic carbocycles. The summed E-state index contributed by atoms with van der Waals surface area (Å²) in [4.78, 5) is 28.5. The highest BCUT2D eigenvalue weighted by Gasteiger charge is 2.53. The molecule has 3 aliphatic rings. The van der Waals surface area contributed by atoms with E-state index in [0.717, 1.165) is 31.5 Å². The summed E-state index contributed by atoms with van der Waals surface area (Å²) in [5.74, 6) is -0.572. The topological polar surface area (TPSA) is 67.9 Å². The van der Waals surface area contributed by atoms with E-state index in [1.165, 1.54) is 5.57 Å². The van der Waals surface area contributed by atoms with Crippen LogP contribution in [0.2, 0.25) is 10.0 Å². The van der Waals surface area contributed by atoms with Crippen molar-refractivity contribution >= 4 is 46.5 Å². The van der Waals surface area contributed by atoms with Crippen LogP contribution in [0.25, 0.3) is 0 Å². The Kier molecular flexibility index (Phi) is 7.27. The number of benzene rings is 2. The van der Waals surface area contributed by atoms with E-state index < -0.39 is 5.60 Å². The first-order valence-electron chi connectivity index (χ1n) is 12.8. The summed E-state index contributed by atoms with van der Waals surface area (Å²) in [5, 5.41) is 3.88. The number of halogens is 2. The molecule has 0 aromatic heterocycles. The Morgan fingerprint density at radius 3 is 2.51 bits per heavy atom.